The number of unbranched alkanes of at least 4 members (excludes halogenated alkanes) is 8. The van der Waals surface area contributed by atoms with E-state index >= 15 is 0 Å². The molecule has 0 fully saturated rings. The van der Waals surface area contributed by atoms with E-state index in [0.29, 0.717) is 36.0 Å². The molecular weight excluding hydrogens is 1050 g/mol. The summed E-state index contributed by atoms with van der Waals surface area (Å²) in [7, 11) is 0. The Morgan fingerprint density at radius 2 is 0.802 bits per heavy atom. The van der Waals surface area contributed by atoms with Crippen molar-refractivity contribution >= 4 is 47.3 Å². The van der Waals surface area contributed by atoms with Crippen molar-refractivity contribution in [1.82, 2.24) is 37.2 Å². The standard InChI is InChI=1S/C59H87N7O15/c1-7-9-10-11-12-13-14-15-16-17-44(72)33-49(73)60-45(30-38-18-24-41(69)25-19-38)53(74)63-48(34-67)56(77)62-46(31-39-20-26-42(70)27-21-39)54(75)61-47(32-40-22-28-43(71)29-23-40)55(76)66-52(37(6)68)58(79)65-51(36(5)8-2)57(78)64-50(35(3)4)59(80)81/h18-29,35-37,44-48,50-52,67-72H,7-17,30-34H2,1-6H3,(H,60,73)(H,61,75)(H,62,77)(H,63,74)(H,64,78)(H,65,79)(H,66,76)(H,80,81)/t36-,37-,44-,45-,46+,47-,48-,50-,51-,52+/m0/s1. The predicted molar refractivity (Wildman–Crippen MR) is 302 cm³/mol. The van der Waals surface area contributed by atoms with Gasteiger partial charge >= 0.3 is 5.97 Å². The third kappa shape index (κ3) is 24.5. The highest BCUT2D eigenvalue weighted by molar-refractivity contribution is 5.98. The maximum atomic E-state index is 14.6. The number of aliphatic hydroxyl groups is 3. The Morgan fingerprint density at radius 1 is 0.444 bits per heavy atom. The fourth-order valence-electron chi connectivity index (χ4n) is 8.86. The van der Waals surface area contributed by atoms with E-state index in [9.17, 15) is 74.1 Å². The van der Waals surface area contributed by atoms with Crippen LogP contribution in [0.2, 0.25) is 0 Å². The van der Waals surface area contributed by atoms with E-state index in [-0.39, 0.29) is 42.9 Å². The second-order valence-electron chi connectivity index (χ2n) is 21.2. The van der Waals surface area contributed by atoms with Crippen LogP contribution < -0.4 is 37.2 Å². The van der Waals surface area contributed by atoms with Crippen LogP contribution >= 0.6 is 0 Å². The average Bonchev–Trinajstić information content (AvgIpc) is 3.44. The van der Waals surface area contributed by atoms with Gasteiger partial charge in [0, 0.05) is 19.3 Å². The summed E-state index contributed by atoms with van der Waals surface area (Å²) < 4.78 is 0. The zero-order valence-electron chi connectivity index (χ0n) is 47.5. The fraction of sp³-hybridized carbons (Fsp3) is 0.559. The molecule has 81 heavy (non-hydrogen) atoms. The molecule has 3 rings (SSSR count). The van der Waals surface area contributed by atoms with Crippen molar-refractivity contribution in [1.29, 1.82) is 0 Å². The van der Waals surface area contributed by atoms with Gasteiger partial charge in [-0.1, -0.05) is 135 Å². The number of carboxylic acids is 1. The molecular formula is C59H87N7O15. The molecule has 3 aromatic carbocycles. The molecule has 0 saturated heterocycles. The van der Waals surface area contributed by atoms with Gasteiger partial charge in [-0.3, -0.25) is 33.6 Å². The summed E-state index contributed by atoms with van der Waals surface area (Å²) in [6.07, 6.45) is 6.71. The minimum atomic E-state index is -1.75. The van der Waals surface area contributed by atoms with Crippen LogP contribution in [0.5, 0.6) is 17.2 Å². The van der Waals surface area contributed by atoms with Crippen molar-refractivity contribution in [3.63, 3.8) is 0 Å². The Bertz CT molecular complexity index is 2460. The van der Waals surface area contributed by atoms with Gasteiger partial charge in [-0.15, -0.1) is 0 Å². The van der Waals surface area contributed by atoms with Crippen LogP contribution in [0.3, 0.4) is 0 Å². The fourth-order valence-corrected chi connectivity index (χ4v) is 8.86. The maximum Gasteiger partial charge on any atom is 0.326 e. The summed E-state index contributed by atoms with van der Waals surface area (Å²) >= 11 is 0. The minimum Gasteiger partial charge on any atom is -0.508 e. The summed E-state index contributed by atoms with van der Waals surface area (Å²) in [6.45, 7) is 8.92. The van der Waals surface area contributed by atoms with Crippen LogP contribution in [-0.2, 0) is 57.6 Å². The van der Waals surface area contributed by atoms with Gasteiger partial charge in [-0.25, -0.2) is 4.79 Å². The largest absolute Gasteiger partial charge is 0.508 e. The second-order valence-corrected chi connectivity index (χ2v) is 21.2. The number of hydrogen-bond donors (Lipinski definition) is 14. The Kier molecular flexibility index (Phi) is 29.7. The quantitative estimate of drug-likeness (QED) is 0.0369. The van der Waals surface area contributed by atoms with E-state index < -0.39 is 120 Å². The SMILES string of the molecule is CCCCCCCCCCC[C@H](O)CC(=O)N[C@@H](Cc1ccc(O)cc1)C(=O)N[C@@H](CO)C(=O)N[C@H](Cc1ccc(O)cc1)C(=O)N[C@@H](Cc1ccc(O)cc1)C(=O)N[C@@H](C(=O)N[C@H](C(=O)N[C@H](C(=O)O)C(C)C)[C@@H](C)CC)[C@H](C)O. The zero-order valence-corrected chi connectivity index (χ0v) is 47.5. The molecule has 0 saturated carbocycles. The van der Waals surface area contributed by atoms with E-state index in [1.807, 2.05) is 0 Å². The van der Waals surface area contributed by atoms with E-state index in [1.54, 1.807) is 27.7 Å². The molecule has 0 unspecified atom stereocenters. The molecule has 0 bridgehead atoms. The van der Waals surface area contributed by atoms with Gasteiger partial charge in [0.2, 0.25) is 41.4 Å². The van der Waals surface area contributed by atoms with Crippen LogP contribution in [0.1, 0.15) is 135 Å². The molecule has 0 aliphatic rings. The van der Waals surface area contributed by atoms with Crippen molar-refractivity contribution in [2.24, 2.45) is 11.8 Å². The van der Waals surface area contributed by atoms with E-state index in [0.717, 1.165) is 25.7 Å². The molecule has 448 valence electrons. The molecule has 0 heterocycles. The summed E-state index contributed by atoms with van der Waals surface area (Å²) in [4.78, 5) is 110. The number of amides is 7. The topological polar surface area (TPSA) is 362 Å². The van der Waals surface area contributed by atoms with Crippen LogP contribution in [0.4, 0.5) is 0 Å². The second kappa shape index (κ2) is 35.4. The van der Waals surface area contributed by atoms with Gasteiger partial charge in [0.25, 0.3) is 0 Å². The summed E-state index contributed by atoms with van der Waals surface area (Å²) in [6, 6.07) is 6.30. The third-order valence-electron chi connectivity index (χ3n) is 14.0. The van der Waals surface area contributed by atoms with E-state index in [2.05, 4.69) is 44.1 Å². The lowest BCUT2D eigenvalue weighted by Gasteiger charge is -2.30. The van der Waals surface area contributed by atoms with Crippen molar-refractivity contribution in [3.8, 4) is 17.2 Å². The number of aromatic hydroxyl groups is 3. The zero-order chi connectivity index (χ0) is 60.2. The lowest BCUT2D eigenvalue weighted by Crippen LogP contribution is -2.63. The summed E-state index contributed by atoms with van der Waals surface area (Å²) in [5, 5.41) is 89.5. The smallest absolute Gasteiger partial charge is 0.326 e. The highest BCUT2D eigenvalue weighted by Gasteiger charge is 2.37. The number of carbonyl (C=O) groups is 8. The van der Waals surface area contributed by atoms with E-state index in [4.69, 9.17) is 0 Å². The number of carboxylic acid groups (broad SMARTS) is 1. The monoisotopic (exact) mass is 1130 g/mol. The first kappa shape index (κ1) is 68.0. The molecule has 22 heteroatoms. The van der Waals surface area contributed by atoms with Crippen molar-refractivity contribution in [3.05, 3.63) is 89.5 Å². The van der Waals surface area contributed by atoms with Gasteiger partial charge in [0.15, 0.2) is 0 Å². The Labute approximate surface area is 474 Å². The first-order valence-electron chi connectivity index (χ1n) is 28.1. The Morgan fingerprint density at radius 3 is 1.20 bits per heavy atom. The Balaban J connectivity index is 1.89. The normalized spacial score (nSPS) is 15.0. The van der Waals surface area contributed by atoms with Crippen molar-refractivity contribution in [2.45, 2.75) is 192 Å². The molecule has 0 aromatic heterocycles. The molecule has 14 N–H and O–H groups in total. The van der Waals surface area contributed by atoms with Gasteiger partial charge in [0.05, 0.1) is 25.2 Å². The highest BCUT2D eigenvalue weighted by Crippen LogP contribution is 2.18. The first-order valence-corrected chi connectivity index (χ1v) is 28.1. The van der Waals surface area contributed by atoms with Crippen LogP contribution in [0.25, 0.3) is 0 Å². The average molecular weight is 1130 g/mol. The van der Waals surface area contributed by atoms with Crippen LogP contribution in [0, 0.1) is 11.8 Å². The van der Waals surface area contributed by atoms with Gasteiger partial charge < -0.3 is 73.0 Å². The lowest BCUT2D eigenvalue weighted by molar-refractivity contribution is -0.144. The number of hydrogen-bond acceptors (Lipinski definition) is 14. The third-order valence-corrected chi connectivity index (χ3v) is 14.0. The number of phenolic OH excluding ortho intramolecular Hbond substituents is 3. The molecule has 0 aliphatic heterocycles. The predicted octanol–water partition coefficient (Wildman–Crippen LogP) is 3.06. The first-order chi connectivity index (χ1) is 38.5. The Hall–Kier alpha value is -7.30. The van der Waals surface area contributed by atoms with Gasteiger partial charge in [0.1, 0.15) is 59.5 Å². The number of phenols is 3. The molecule has 10 atom stereocenters. The van der Waals surface area contributed by atoms with Crippen molar-refractivity contribution < 1.29 is 74.1 Å². The number of nitrogens with one attached hydrogen (secondary N) is 7. The summed E-state index contributed by atoms with van der Waals surface area (Å²) in [5.74, 6) is -9.19. The molecule has 22 nitrogen and oxygen atoms in total. The van der Waals surface area contributed by atoms with Crippen molar-refractivity contribution in [2.75, 3.05) is 6.61 Å². The molecule has 0 aliphatic carbocycles. The number of aliphatic carboxylic acids is 1. The molecule has 7 amide bonds. The lowest BCUT2D eigenvalue weighted by atomic mass is 9.96. The number of aliphatic hydroxyl groups excluding tert-OH is 3. The van der Waals surface area contributed by atoms with E-state index in [1.165, 1.54) is 105 Å². The van der Waals surface area contributed by atoms with Gasteiger partial charge in [-0.2, -0.15) is 0 Å². The summed E-state index contributed by atoms with van der Waals surface area (Å²) in [5.41, 5.74) is 1.28. The molecule has 0 spiro atoms. The number of rotatable bonds is 37. The van der Waals surface area contributed by atoms with Gasteiger partial charge in [-0.05, 0) is 78.3 Å². The number of carbonyl (C=O) groups excluding carboxylic acids is 7. The minimum absolute atomic E-state index is 0.0556. The number of benzene rings is 3. The van der Waals surface area contributed by atoms with Crippen LogP contribution in [0.15, 0.2) is 72.8 Å². The maximum absolute atomic E-state index is 14.6. The molecule has 3 aromatic rings. The molecule has 0 radical (unpaired) electrons. The highest BCUT2D eigenvalue weighted by atomic mass is 16.4. The van der Waals surface area contributed by atoms with Crippen LogP contribution in [-0.4, -0.2) is 144 Å².